The van der Waals surface area contributed by atoms with Gasteiger partial charge in [-0.3, -0.25) is 0 Å². The maximum atomic E-state index is 11.5. The van der Waals surface area contributed by atoms with Crippen molar-refractivity contribution in [1.82, 2.24) is 4.98 Å². The fourth-order valence-corrected chi connectivity index (χ4v) is 2.35. The van der Waals surface area contributed by atoms with Crippen molar-refractivity contribution < 1.29 is 14.3 Å². The van der Waals surface area contributed by atoms with E-state index in [9.17, 15) is 4.79 Å². The van der Waals surface area contributed by atoms with Gasteiger partial charge in [-0.2, -0.15) is 0 Å². The van der Waals surface area contributed by atoms with Gasteiger partial charge in [-0.25, -0.2) is 9.78 Å². The molecule has 0 aliphatic carbocycles. The first-order valence-electron chi connectivity index (χ1n) is 5.61. The van der Waals surface area contributed by atoms with Gasteiger partial charge in [0.05, 0.1) is 18.4 Å². The van der Waals surface area contributed by atoms with Crippen LogP contribution in [-0.2, 0) is 4.74 Å². The molecule has 6 heteroatoms. The first-order valence-corrected chi connectivity index (χ1v) is 6.42. The van der Waals surface area contributed by atoms with Crippen molar-refractivity contribution in [3.63, 3.8) is 0 Å². The zero-order valence-electron chi connectivity index (χ0n) is 10.9. The average Bonchev–Trinajstić information content (AvgIpc) is 2.67. The predicted octanol–water partition coefficient (Wildman–Crippen LogP) is 2.92. The van der Waals surface area contributed by atoms with Gasteiger partial charge in [-0.15, -0.1) is 0 Å². The molecule has 0 unspecified atom stereocenters. The van der Waals surface area contributed by atoms with E-state index in [1.165, 1.54) is 18.4 Å². The SMILES string of the molecule is COC(=O)c1ccc(Oc2sc(N)nc2C)cc1C. The van der Waals surface area contributed by atoms with Crippen LogP contribution in [0.4, 0.5) is 5.13 Å². The number of thiazole rings is 1. The van der Waals surface area contributed by atoms with Crippen LogP contribution in [0.2, 0.25) is 0 Å². The van der Waals surface area contributed by atoms with Crippen molar-refractivity contribution in [2.24, 2.45) is 0 Å². The van der Waals surface area contributed by atoms with Crippen LogP contribution in [0, 0.1) is 13.8 Å². The Bertz CT molecular complexity index is 622. The second kappa shape index (κ2) is 5.27. The van der Waals surface area contributed by atoms with Gasteiger partial charge in [-0.1, -0.05) is 11.3 Å². The highest BCUT2D eigenvalue weighted by atomic mass is 32.1. The Balaban J connectivity index is 2.25. The minimum Gasteiger partial charge on any atom is -0.465 e. The number of ether oxygens (including phenoxy) is 2. The Hall–Kier alpha value is -2.08. The van der Waals surface area contributed by atoms with Crippen LogP contribution in [0.25, 0.3) is 0 Å². The molecule has 0 aliphatic heterocycles. The number of nitrogen functional groups attached to an aromatic ring is 1. The molecule has 0 radical (unpaired) electrons. The predicted molar refractivity (Wildman–Crippen MR) is 73.9 cm³/mol. The van der Waals surface area contributed by atoms with Crippen LogP contribution in [0.3, 0.4) is 0 Å². The summed E-state index contributed by atoms with van der Waals surface area (Å²) in [6.45, 7) is 3.66. The number of carbonyl (C=O) groups is 1. The molecule has 0 spiro atoms. The molecule has 100 valence electrons. The van der Waals surface area contributed by atoms with Crippen molar-refractivity contribution in [3.05, 3.63) is 35.0 Å². The standard InChI is InChI=1S/C13H14N2O3S/c1-7-6-9(4-5-10(7)11(16)17-3)18-12-8(2)15-13(14)19-12/h4-6H,1-3H3,(H2,14,15). The number of esters is 1. The Morgan fingerprint density at radius 3 is 2.63 bits per heavy atom. The second-order valence-electron chi connectivity index (χ2n) is 4.00. The first-order chi connectivity index (χ1) is 9.01. The number of hydrogen-bond donors (Lipinski definition) is 1. The van der Waals surface area contributed by atoms with E-state index in [1.807, 2.05) is 13.8 Å². The van der Waals surface area contributed by atoms with E-state index >= 15 is 0 Å². The quantitative estimate of drug-likeness (QED) is 0.874. The third-order valence-electron chi connectivity index (χ3n) is 2.58. The van der Waals surface area contributed by atoms with Crippen LogP contribution in [0.15, 0.2) is 18.2 Å². The smallest absolute Gasteiger partial charge is 0.338 e. The maximum absolute atomic E-state index is 11.5. The van der Waals surface area contributed by atoms with Crippen molar-refractivity contribution in [2.75, 3.05) is 12.8 Å². The number of anilines is 1. The van der Waals surface area contributed by atoms with Gasteiger partial charge in [0.15, 0.2) is 5.13 Å². The largest absolute Gasteiger partial charge is 0.465 e. The van der Waals surface area contributed by atoms with Gasteiger partial charge in [-0.05, 0) is 37.6 Å². The van der Waals surface area contributed by atoms with E-state index < -0.39 is 0 Å². The highest BCUT2D eigenvalue weighted by molar-refractivity contribution is 7.17. The third-order valence-corrected chi connectivity index (χ3v) is 3.45. The van der Waals surface area contributed by atoms with E-state index in [4.69, 9.17) is 15.2 Å². The number of methoxy groups -OCH3 is 1. The summed E-state index contributed by atoms with van der Waals surface area (Å²) in [5.41, 5.74) is 7.67. The molecule has 0 atom stereocenters. The molecule has 0 saturated carbocycles. The first kappa shape index (κ1) is 13.4. The summed E-state index contributed by atoms with van der Waals surface area (Å²) in [7, 11) is 1.36. The molecule has 2 aromatic rings. The zero-order valence-corrected chi connectivity index (χ0v) is 11.7. The Morgan fingerprint density at radius 1 is 1.37 bits per heavy atom. The number of aryl methyl sites for hydroxylation is 2. The highest BCUT2D eigenvalue weighted by Crippen LogP contribution is 2.33. The van der Waals surface area contributed by atoms with Gasteiger partial charge in [0.1, 0.15) is 5.75 Å². The molecule has 19 heavy (non-hydrogen) atoms. The molecule has 0 fully saturated rings. The topological polar surface area (TPSA) is 74.4 Å². The van der Waals surface area contributed by atoms with Crippen molar-refractivity contribution in [2.45, 2.75) is 13.8 Å². The minimum atomic E-state index is -0.359. The highest BCUT2D eigenvalue weighted by Gasteiger charge is 2.12. The molecule has 1 heterocycles. The molecular weight excluding hydrogens is 264 g/mol. The summed E-state index contributed by atoms with van der Waals surface area (Å²) in [5, 5.41) is 1.12. The van der Waals surface area contributed by atoms with E-state index in [2.05, 4.69) is 4.98 Å². The molecule has 0 saturated heterocycles. The van der Waals surface area contributed by atoms with Gasteiger partial charge >= 0.3 is 5.97 Å². The van der Waals surface area contributed by atoms with Crippen molar-refractivity contribution >= 4 is 22.4 Å². The molecule has 0 bridgehead atoms. The van der Waals surface area contributed by atoms with Crippen LogP contribution in [0.5, 0.6) is 10.8 Å². The Kier molecular flexibility index (Phi) is 3.71. The average molecular weight is 278 g/mol. The molecular formula is C13H14N2O3S. The van der Waals surface area contributed by atoms with E-state index in [0.717, 1.165) is 11.3 Å². The molecule has 0 aliphatic rings. The van der Waals surface area contributed by atoms with Crippen LogP contribution < -0.4 is 10.5 Å². The summed E-state index contributed by atoms with van der Waals surface area (Å²) < 4.78 is 10.4. The lowest BCUT2D eigenvalue weighted by atomic mass is 10.1. The van der Waals surface area contributed by atoms with Gasteiger partial charge in [0.2, 0.25) is 5.06 Å². The van der Waals surface area contributed by atoms with Gasteiger partial charge in [0.25, 0.3) is 0 Å². The lowest BCUT2D eigenvalue weighted by Crippen LogP contribution is -2.03. The van der Waals surface area contributed by atoms with E-state index in [0.29, 0.717) is 21.5 Å². The Morgan fingerprint density at radius 2 is 2.11 bits per heavy atom. The minimum absolute atomic E-state index is 0.359. The van der Waals surface area contributed by atoms with Crippen molar-refractivity contribution in [3.8, 4) is 10.8 Å². The molecule has 1 aromatic heterocycles. The molecule has 2 N–H and O–H groups in total. The number of rotatable bonds is 3. The van der Waals surface area contributed by atoms with Crippen LogP contribution in [-0.4, -0.2) is 18.1 Å². The zero-order chi connectivity index (χ0) is 14.0. The van der Waals surface area contributed by atoms with E-state index in [1.54, 1.807) is 18.2 Å². The molecule has 5 nitrogen and oxygen atoms in total. The number of carbonyl (C=O) groups excluding carboxylic acids is 1. The summed E-state index contributed by atoms with van der Waals surface area (Å²) in [5.74, 6) is 0.277. The number of nitrogens with zero attached hydrogens (tertiary/aromatic N) is 1. The van der Waals surface area contributed by atoms with Gasteiger partial charge in [0, 0.05) is 0 Å². The fourth-order valence-electron chi connectivity index (χ4n) is 1.64. The Labute approximate surface area is 115 Å². The number of aromatic nitrogens is 1. The summed E-state index contributed by atoms with van der Waals surface area (Å²) in [6, 6.07) is 5.17. The molecule has 1 aromatic carbocycles. The lowest BCUT2D eigenvalue weighted by molar-refractivity contribution is 0.0600. The lowest BCUT2D eigenvalue weighted by Gasteiger charge is -2.07. The number of benzene rings is 1. The summed E-state index contributed by atoms with van der Waals surface area (Å²) in [6.07, 6.45) is 0. The normalized spacial score (nSPS) is 10.3. The summed E-state index contributed by atoms with van der Waals surface area (Å²) >= 11 is 1.28. The number of nitrogens with two attached hydrogens (primary N) is 1. The van der Waals surface area contributed by atoms with Crippen LogP contribution in [0.1, 0.15) is 21.6 Å². The monoisotopic (exact) mass is 278 g/mol. The third kappa shape index (κ3) is 2.85. The maximum Gasteiger partial charge on any atom is 0.338 e. The fraction of sp³-hybridized carbons (Fsp3) is 0.231. The summed E-state index contributed by atoms with van der Waals surface area (Å²) in [4.78, 5) is 15.6. The molecule has 2 rings (SSSR count). The van der Waals surface area contributed by atoms with Gasteiger partial charge < -0.3 is 15.2 Å². The second-order valence-corrected chi connectivity index (χ2v) is 4.99. The number of hydrogen-bond acceptors (Lipinski definition) is 6. The van der Waals surface area contributed by atoms with Crippen molar-refractivity contribution in [1.29, 1.82) is 0 Å². The molecule has 0 amide bonds. The van der Waals surface area contributed by atoms with Crippen LogP contribution >= 0.6 is 11.3 Å². The van der Waals surface area contributed by atoms with E-state index in [-0.39, 0.29) is 5.97 Å².